The molecule has 1 heterocycles. The molecule has 2 rings (SSSR count). The molecule has 0 aromatic carbocycles. The van der Waals surface area contributed by atoms with Gasteiger partial charge in [-0.3, -0.25) is 4.79 Å². The zero-order valence-electron chi connectivity index (χ0n) is 10.9. The highest BCUT2D eigenvalue weighted by molar-refractivity contribution is 6.32. The Labute approximate surface area is 118 Å². The van der Waals surface area contributed by atoms with E-state index in [4.69, 9.17) is 11.6 Å². The van der Waals surface area contributed by atoms with Gasteiger partial charge in [0.15, 0.2) is 0 Å². The quantitative estimate of drug-likeness (QED) is 0.909. The summed E-state index contributed by atoms with van der Waals surface area (Å²) in [6.45, 7) is 1.26. The topological polar surface area (TPSA) is 46.9 Å². The Balaban J connectivity index is 2.07. The van der Waals surface area contributed by atoms with E-state index in [9.17, 15) is 18.0 Å². The summed E-state index contributed by atoms with van der Waals surface area (Å²) in [5.41, 5.74) is -0.657. The van der Waals surface area contributed by atoms with Crippen molar-refractivity contribution in [1.82, 2.24) is 9.78 Å². The molecule has 8 heteroatoms. The molecule has 1 aromatic heterocycles. The average molecular weight is 310 g/mol. The van der Waals surface area contributed by atoms with Crippen LogP contribution < -0.4 is 10.9 Å². The number of nitrogens with one attached hydrogen (secondary N) is 1. The molecule has 1 aliphatic rings. The number of rotatable bonds is 5. The summed E-state index contributed by atoms with van der Waals surface area (Å²) in [4.78, 5) is 11.7. The number of hydrogen-bond donors (Lipinski definition) is 1. The van der Waals surface area contributed by atoms with Crippen molar-refractivity contribution in [2.24, 2.45) is 11.8 Å². The predicted molar refractivity (Wildman–Crippen MR) is 69.9 cm³/mol. The van der Waals surface area contributed by atoms with Crippen LogP contribution in [-0.4, -0.2) is 22.5 Å². The summed E-state index contributed by atoms with van der Waals surface area (Å²) in [5, 5.41) is 6.22. The molecular weight excluding hydrogens is 295 g/mol. The molecule has 0 spiro atoms. The zero-order chi connectivity index (χ0) is 14.9. The molecule has 0 bridgehead atoms. The molecule has 1 aliphatic carbocycles. The van der Waals surface area contributed by atoms with Gasteiger partial charge in [-0.1, -0.05) is 18.5 Å². The minimum atomic E-state index is -4.50. The van der Waals surface area contributed by atoms with Crippen molar-refractivity contribution in [3.05, 3.63) is 21.6 Å². The Morgan fingerprint density at radius 1 is 1.55 bits per heavy atom. The number of hydrogen-bond acceptors (Lipinski definition) is 3. The van der Waals surface area contributed by atoms with E-state index in [0.29, 0.717) is 23.1 Å². The van der Waals surface area contributed by atoms with E-state index >= 15 is 0 Å². The Hall–Kier alpha value is -1.24. The summed E-state index contributed by atoms with van der Waals surface area (Å²) < 4.78 is 37.1. The minimum Gasteiger partial charge on any atom is -0.382 e. The van der Waals surface area contributed by atoms with Crippen molar-refractivity contribution in [3.63, 3.8) is 0 Å². The fraction of sp³-hybridized carbons (Fsp3) is 0.667. The first-order valence-electron chi connectivity index (χ1n) is 6.34. The molecule has 1 atom stereocenters. The minimum absolute atomic E-state index is 0.257. The maximum Gasteiger partial charge on any atom is 0.408 e. The highest BCUT2D eigenvalue weighted by Gasteiger charge is 2.30. The van der Waals surface area contributed by atoms with Gasteiger partial charge in [0.1, 0.15) is 11.6 Å². The fourth-order valence-corrected chi connectivity index (χ4v) is 2.19. The van der Waals surface area contributed by atoms with Crippen LogP contribution in [0.2, 0.25) is 5.02 Å². The van der Waals surface area contributed by atoms with Gasteiger partial charge in [-0.05, 0) is 24.7 Å². The van der Waals surface area contributed by atoms with Crippen LogP contribution in [0, 0.1) is 11.8 Å². The first-order valence-corrected chi connectivity index (χ1v) is 6.72. The summed E-state index contributed by atoms with van der Waals surface area (Å²) >= 11 is 5.80. The van der Waals surface area contributed by atoms with Crippen LogP contribution in [0.3, 0.4) is 0 Å². The van der Waals surface area contributed by atoms with Gasteiger partial charge in [-0.2, -0.15) is 18.3 Å². The summed E-state index contributed by atoms with van der Waals surface area (Å²) in [6.07, 6.45) is -0.950. The molecule has 1 saturated carbocycles. The normalized spacial score (nSPS) is 17.1. The van der Waals surface area contributed by atoms with E-state index in [1.54, 1.807) is 0 Å². The molecule has 0 amide bonds. The van der Waals surface area contributed by atoms with Crippen molar-refractivity contribution in [3.8, 4) is 0 Å². The summed E-state index contributed by atoms with van der Waals surface area (Å²) in [5.74, 6) is 1.11. The van der Waals surface area contributed by atoms with Crippen LogP contribution in [-0.2, 0) is 6.54 Å². The van der Waals surface area contributed by atoms with E-state index in [1.807, 2.05) is 0 Å². The second-order valence-electron chi connectivity index (χ2n) is 5.15. The average Bonchev–Trinajstić information content (AvgIpc) is 3.16. The molecule has 0 radical (unpaired) electrons. The Morgan fingerprint density at radius 2 is 2.20 bits per heavy atom. The first kappa shape index (κ1) is 15.2. The smallest absolute Gasteiger partial charge is 0.382 e. The molecule has 0 aliphatic heterocycles. The van der Waals surface area contributed by atoms with Crippen molar-refractivity contribution in [1.29, 1.82) is 0 Å². The second-order valence-corrected chi connectivity index (χ2v) is 5.52. The number of aromatic nitrogens is 2. The predicted octanol–water partition coefficient (Wildman–Crippen LogP) is 2.92. The van der Waals surface area contributed by atoms with Gasteiger partial charge in [-0.25, -0.2) is 4.68 Å². The van der Waals surface area contributed by atoms with Gasteiger partial charge in [0, 0.05) is 6.54 Å². The number of anilines is 1. The third-order valence-corrected chi connectivity index (χ3v) is 3.72. The number of halogens is 4. The van der Waals surface area contributed by atoms with Gasteiger partial charge in [0.2, 0.25) is 0 Å². The van der Waals surface area contributed by atoms with Gasteiger partial charge in [0.05, 0.1) is 11.9 Å². The molecule has 0 saturated heterocycles. The maximum atomic E-state index is 12.2. The summed E-state index contributed by atoms with van der Waals surface area (Å²) in [7, 11) is 0. The van der Waals surface area contributed by atoms with E-state index in [2.05, 4.69) is 17.3 Å². The third-order valence-electron chi connectivity index (χ3n) is 3.36. The number of nitrogens with zero attached hydrogens (tertiary/aromatic N) is 2. The van der Waals surface area contributed by atoms with Gasteiger partial charge in [-0.15, -0.1) is 0 Å². The van der Waals surface area contributed by atoms with E-state index in [-0.39, 0.29) is 10.7 Å². The lowest BCUT2D eigenvalue weighted by atomic mass is 10.1. The fourth-order valence-electron chi connectivity index (χ4n) is 1.97. The monoisotopic (exact) mass is 309 g/mol. The lowest BCUT2D eigenvalue weighted by Crippen LogP contribution is -2.31. The van der Waals surface area contributed by atoms with E-state index in [1.165, 1.54) is 12.8 Å². The Kier molecular flexibility index (Phi) is 4.27. The molecule has 4 nitrogen and oxygen atoms in total. The van der Waals surface area contributed by atoms with Crippen LogP contribution in [0.1, 0.15) is 19.8 Å². The van der Waals surface area contributed by atoms with Crippen LogP contribution in [0.5, 0.6) is 0 Å². The molecule has 1 N–H and O–H groups in total. The third kappa shape index (κ3) is 3.88. The van der Waals surface area contributed by atoms with Gasteiger partial charge < -0.3 is 5.32 Å². The zero-order valence-corrected chi connectivity index (χ0v) is 11.6. The van der Waals surface area contributed by atoms with E-state index in [0.717, 1.165) is 6.20 Å². The standard InChI is InChI=1S/C12H15ClF3N3O/c1-7(8-2-3-8)4-17-9-5-18-19(6-12(14,15)16)11(20)10(9)13/h5,7-8,17H,2-4,6H2,1H3. The molecule has 112 valence electrons. The second kappa shape index (κ2) is 5.63. The molecule has 1 fully saturated rings. The Morgan fingerprint density at radius 3 is 2.75 bits per heavy atom. The molecule has 1 aromatic rings. The van der Waals surface area contributed by atoms with Crippen LogP contribution in [0.4, 0.5) is 18.9 Å². The SMILES string of the molecule is CC(CNc1cnn(CC(F)(F)F)c(=O)c1Cl)C1CC1. The molecular formula is C12H15ClF3N3O. The first-order chi connectivity index (χ1) is 9.28. The largest absolute Gasteiger partial charge is 0.408 e. The van der Waals surface area contributed by atoms with Crippen LogP contribution >= 0.6 is 11.6 Å². The van der Waals surface area contributed by atoms with Gasteiger partial charge >= 0.3 is 6.18 Å². The summed E-state index contributed by atoms with van der Waals surface area (Å²) in [6, 6.07) is 0. The van der Waals surface area contributed by atoms with Crippen molar-refractivity contribution in [2.75, 3.05) is 11.9 Å². The van der Waals surface area contributed by atoms with Crippen LogP contribution in [0.25, 0.3) is 0 Å². The highest BCUT2D eigenvalue weighted by atomic mass is 35.5. The lowest BCUT2D eigenvalue weighted by molar-refractivity contribution is -0.143. The maximum absolute atomic E-state index is 12.2. The molecule has 1 unspecified atom stereocenters. The van der Waals surface area contributed by atoms with Gasteiger partial charge in [0.25, 0.3) is 5.56 Å². The van der Waals surface area contributed by atoms with Crippen LogP contribution in [0.15, 0.2) is 11.0 Å². The Bertz CT molecular complexity index is 540. The van der Waals surface area contributed by atoms with Crippen molar-refractivity contribution >= 4 is 17.3 Å². The van der Waals surface area contributed by atoms with E-state index < -0.39 is 18.3 Å². The number of alkyl halides is 3. The van der Waals surface area contributed by atoms with Crippen molar-refractivity contribution < 1.29 is 13.2 Å². The lowest BCUT2D eigenvalue weighted by Gasteiger charge is -2.14. The molecule has 20 heavy (non-hydrogen) atoms. The highest BCUT2D eigenvalue weighted by Crippen LogP contribution is 2.36. The van der Waals surface area contributed by atoms with Crippen molar-refractivity contribution in [2.45, 2.75) is 32.5 Å².